The molecule has 3 heterocycles. The maximum atomic E-state index is 6.01. The molecule has 2 bridgehead atoms. The molecule has 1 aromatic rings. The average Bonchev–Trinajstić information content (AvgIpc) is 2.28. The number of aromatic nitrogens is 1. The Labute approximate surface area is 107 Å². The molecule has 0 aliphatic carbocycles. The minimum absolute atomic E-state index is 0.696. The van der Waals surface area contributed by atoms with Crippen LogP contribution >= 0.6 is 11.6 Å². The van der Waals surface area contributed by atoms with Gasteiger partial charge >= 0.3 is 0 Å². The largest absolute Gasteiger partial charge is 0.367 e. The van der Waals surface area contributed by atoms with Gasteiger partial charge < -0.3 is 4.90 Å². The molecule has 0 aromatic carbocycles. The second-order valence-electron chi connectivity index (χ2n) is 5.17. The van der Waals surface area contributed by atoms with Gasteiger partial charge in [0.2, 0.25) is 0 Å². The molecule has 2 unspecified atom stereocenters. The molecule has 3 nitrogen and oxygen atoms in total. The number of fused-ring (bicyclic) bond motifs is 2. The fourth-order valence-corrected chi connectivity index (χ4v) is 3.27. The molecule has 0 saturated carbocycles. The molecule has 2 atom stereocenters. The van der Waals surface area contributed by atoms with Crippen molar-refractivity contribution in [3.63, 3.8) is 0 Å². The normalized spacial score (nSPS) is 29.4. The van der Waals surface area contributed by atoms with Gasteiger partial charge in [-0.15, -0.1) is 0 Å². The summed E-state index contributed by atoms with van der Waals surface area (Å²) < 4.78 is 0. The van der Waals surface area contributed by atoms with E-state index < -0.39 is 0 Å². The molecular weight excluding hydrogens is 234 g/mol. The second kappa shape index (κ2) is 4.46. The number of rotatable bonds is 1. The number of hydrogen-bond acceptors (Lipinski definition) is 3. The number of pyridine rings is 1. The molecule has 17 heavy (non-hydrogen) atoms. The van der Waals surface area contributed by atoms with Crippen LogP contribution in [0.25, 0.3) is 0 Å². The highest BCUT2D eigenvalue weighted by atomic mass is 35.5. The summed E-state index contributed by atoms with van der Waals surface area (Å²) in [4.78, 5) is 9.18. The van der Waals surface area contributed by atoms with Gasteiger partial charge in [-0.3, -0.25) is 9.88 Å². The first kappa shape index (κ1) is 11.3. The summed E-state index contributed by atoms with van der Waals surface area (Å²) in [6, 6.07) is 3.42. The smallest absolute Gasteiger partial charge is 0.0609 e. The number of piperidine rings is 1. The van der Waals surface area contributed by atoms with Gasteiger partial charge in [0.15, 0.2) is 0 Å². The van der Waals surface area contributed by atoms with Crippen molar-refractivity contribution in [3.8, 4) is 0 Å². The van der Waals surface area contributed by atoms with Gasteiger partial charge in [0.05, 0.1) is 16.9 Å². The Morgan fingerprint density at radius 1 is 1.24 bits per heavy atom. The van der Waals surface area contributed by atoms with Crippen LogP contribution in [0, 0.1) is 0 Å². The Morgan fingerprint density at radius 2 is 1.94 bits per heavy atom. The van der Waals surface area contributed by atoms with Crippen molar-refractivity contribution >= 4 is 17.3 Å². The molecule has 92 valence electrons. The van der Waals surface area contributed by atoms with Crippen LogP contribution in [0.1, 0.15) is 19.3 Å². The zero-order valence-corrected chi connectivity index (χ0v) is 10.9. The van der Waals surface area contributed by atoms with E-state index in [1.165, 1.54) is 24.9 Å². The van der Waals surface area contributed by atoms with E-state index in [1.807, 2.05) is 12.3 Å². The molecule has 3 rings (SSSR count). The van der Waals surface area contributed by atoms with Gasteiger partial charge in [0.25, 0.3) is 0 Å². The Balaban J connectivity index is 1.82. The van der Waals surface area contributed by atoms with Crippen molar-refractivity contribution in [3.05, 3.63) is 23.5 Å². The van der Waals surface area contributed by atoms with E-state index in [9.17, 15) is 0 Å². The van der Waals surface area contributed by atoms with Gasteiger partial charge in [-0.05, 0) is 26.0 Å². The highest BCUT2D eigenvalue weighted by Crippen LogP contribution is 2.30. The van der Waals surface area contributed by atoms with Crippen LogP contribution in [-0.2, 0) is 0 Å². The first-order valence-corrected chi connectivity index (χ1v) is 6.69. The molecule has 2 aliphatic rings. The summed E-state index contributed by atoms with van der Waals surface area (Å²) in [5.74, 6) is 0. The highest BCUT2D eigenvalue weighted by molar-refractivity contribution is 6.30. The Hall–Kier alpha value is -0.800. The van der Waals surface area contributed by atoms with Gasteiger partial charge in [0, 0.05) is 31.4 Å². The topological polar surface area (TPSA) is 19.4 Å². The Morgan fingerprint density at radius 3 is 2.59 bits per heavy atom. The molecule has 1 aromatic heterocycles. The summed E-state index contributed by atoms with van der Waals surface area (Å²) in [6.07, 6.45) is 7.63. The summed E-state index contributed by atoms with van der Waals surface area (Å²) in [5.41, 5.74) is 1.17. The Kier molecular flexibility index (Phi) is 2.97. The molecule has 2 aliphatic heterocycles. The lowest BCUT2D eigenvalue weighted by Crippen LogP contribution is -2.59. The lowest BCUT2D eigenvalue weighted by Gasteiger charge is -2.49. The highest BCUT2D eigenvalue weighted by Gasteiger charge is 2.34. The quantitative estimate of drug-likeness (QED) is 0.764. The molecule has 0 spiro atoms. The second-order valence-corrected chi connectivity index (χ2v) is 5.61. The third kappa shape index (κ3) is 2.14. The van der Waals surface area contributed by atoms with Crippen molar-refractivity contribution < 1.29 is 0 Å². The monoisotopic (exact) mass is 251 g/mol. The lowest BCUT2D eigenvalue weighted by atomic mass is 9.92. The number of nitrogens with zero attached hydrogens (tertiary/aromatic N) is 3. The standard InChI is InChI=1S/C13H18ClN3/c1-16-11-3-2-4-12(16)9-17(8-11)13-5-10(14)6-15-7-13/h5-7,11-12H,2-4,8-9H2,1H3. The van der Waals surface area contributed by atoms with Gasteiger partial charge in [0.1, 0.15) is 0 Å². The predicted molar refractivity (Wildman–Crippen MR) is 70.7 cm³/mol. The number of halogens is 1. The van der Waals surface area contributed by atoms with Crippen molar-refractivity contribution in [2.45, 2.75) is 31.3 Å². The van der Waals surface area contributed by atoms with Gasteiger partial charge in [-0.25, -0.2) is 0 Å². The van der Waals surface area contributed by atoms with Crippen molar-refractivity contribution in [2.24, 2.45) is 0 Å². The van der Waals surface area contributed by atoms with E-state index in [0.29, 0.717) is 12.1 Å². The van der Waals surface area contributed by atoms with Crippen LogP contribution in [0.2, 0.25) is 5.02 Å². The van der Waals surface area contributed by atoms with Crippen LogP contribution in [-0.4, -0.2) is 42.1 Å². The number of hydrogen-bond donors (Lipinski definition) is 0. The summed E-state index contributed by atoms with van der Waals surface area (Å²) in [6.45, 7) is 2.21. The zero-order valence-electron chi connectivity index (χ0n) is 10.1. The average molecular weight is 252 g/mol. The third-order valence-electron chi connectivity index (χ3n) is 4.14. The fourth-order valence-electron chi connectivity index (χ4n) is 3.10. The molecule has 4 heteroatoms. The molecule has 0 radical (unpaired) electrons. The third-order valence-corrected chi connectivity index (χ3v) is 4.35. The van der Waals surface area contributed by atoms with Crippen LogP contribution < -0.4 is 4.90 Å². The molecule has 2 saturated heterocycles. The maximum absolute atomic E-state index is 6.01. The molecule has 2 fully saturated rings. The van der Waals surface area contributed by atoms with E-state index in [4.69, 9.17) is 11.6 Å². The molecule has 0 N–H and O–H groups in total. The van der Waals surface area contributed by atoms with Crippen LogP contribution in [0.3, 0.4) is 0 Å². The van der Waals surface area contributed by atoms with Crippen molar-refractivity contribution in [1.29, 1.82) is 0 Å². The van der Waals surface area contributed by atoms with E-state index in [2.05, 4.69) is 21.8 Å². The minimum Gasteiger partial charge on any atom is -0.367 e. The lowest BCUT2D eigenvalue weighted by molar-refractivity contribution is 0.0950. The Bertz CT molecular complexity index is 395. The summed E-state index contributed by atoms with van der Waals surface area (Å²) >= 11 is 6.01. The predicted octanol–water partition coefficient (Wildman–Crippen LogP) is 2.41. The SMILES string of the molecule is CN1C2CCCC1CN(c1cncc(Cl)c1)C2. The van der Waals surface area contributed by atoms with E-state index in [-0.39, 0.29) is 0 Å². The van der Waals surface area contributed by atoms with E-state index in [1.54, 1.807) is 6.20 Å². The number of likely N-dealkylation sites (N-methyl/N-ethyl adjacent to an activating group) is 1. The first-order valence-electron chi connectivity index (χ1n) is 6.31. The van der Waals surface area contributed by atoms with Crippen molar-refractivity contribution in [1.82, 2.24) is 9.88 Å². The van der Waals surface area contributed by atoms with Gasteiger partial charge in [-0.2, -0.15) is 0 Å². The van der Waals surface area contributed by atoms with Crippen LogP contribution in [0.15, 0.2) is 18.5 Å². The molecule has 0 amide bonds. The summed E-state index contributed by atoms with van der Waals surface area (Å²) in [5, 5.41) is 0.728. The maximum Gasteiger partial charge on any atom is 0.0609 e. The molecular formula is C13H18ClN3. The van der Waals surface area contributed by atoms with E-state index in [0.717, 1.165) is 18.1 Å². The van der Waals surface area contributed by atoms with Crippen LogP contribution in [0.5, 0.6) is 0 Å². The number of piperazine rings is 1. The minimum atomic E-state index is 0.696. The first-order chi connectivity index (χ1) is 8.24. The van der Waals surface area contributed by atoms with Crippen LogP contribution in [0.4, 0.5) is 5.69 Å². The summed E-state index contributed by atoms with van der Waals surface area (Å²) in [7, 11) is 2.27. The fraction of sp³-hybridized carbons (Fsp3) is 0.615. The van der Waals surface area contributed by atoms with Gasteiger partial charge in [-0.1, -0.05) is 18.0 Å². The van der Waals surface area contributed by atoms with Crippen molar-refractivity contribution in [2.75, 3.05) is 25.0 Å². The number of anilines is 1. The van der Waals surface area contributed by atoms with E-state index >= 15 is 0 Å². The zero-order chi connectivity index (χ0) is 11.8.